The van der Waals surface area contributed by atoms with E-state index in [1.165, 1.54) is 0 Å². The molecule has 0 spiro atoms. The topological polar surface area (TPSA) is 30.2 Å². The van der Waals surface area contributed by atoms with Gasteiger partial charge in [0, 0.05) is 16.1 Å². The van der Waals surface area contributed by atoms with Gasteiger partial charge in [0.2, 0.25) is 0 Å². The fourth-order valence-corrected chi connectivity index (χ4v) is 3.07. The van der Waals surface area contributed by atoms with Crippen molar-refractivity contribution in [2.45, 2.75) is 6.92 Å². The molecule has 6 heteroatoms. The predicted molar refractivity (Wildman–Crippen MR) is 80.9 cm³/mol. The number of fused-ring (bicyclic) bond motifs is 1. The van der Waals surface area contributed by atoms with Gasteiger partial charge in [-0.15, -0.1) is 0 Å². The quantitative estimate of drug-likeness (QED) is 0.587. The summed E-state index contributed by atoms with van der Waals surface area (Å²) in [7, 11) is 0. The third kappa shape index (κ3) is 2.14. The van der Waals surface area contributed by atoms with Gasteiger partial charge in [-0.3, -0.25) is 0 Å². The van der Waals surface area contributed by atoms with Crippen molar-refractivity contribution < 1.29 is 0 Å². The number of aromatic nitrogens is 3. The smallest absolute Gasteiger partial charge is 0.158 e. The summed E-state index contributed by atoms with van der Waals surface area (Å²) in [5, 5.41) is 5.14. The highest BCUT2D eigenvalue weighted by Crippen LogP contribution is 2.37. The second-order valence-corrected chi connectivity index (χ2v) is 5.67. The molecule has 1 aromatic carbocycles. The highest BCUT2D eigenvalue weighted by Gasteiger charge is 2.17. The molecule has 0 aliphatic rings. The van der Waals surface area contributed by atoms with E-state index < -0.39 is 0 Å². The summed E-state index contributed by atoms with van der Waals surface area (Å²) in [4.78, 5) is 4.34. The summed E-state index contributed by atoms with van der Waals surface area (Å²) in [6.45, 7) is 1.89. The first kappa shape index (κ1) is 12.9. The normalized spacial score (nSPS) is 11.2. The minimum Gasteiger partial charge on any atom is -0.216 e. The van der Waals surface area contributed by atoms with Gasteiger partial charge in [0.05, 0.1) is 11.3 Å². The van der Waals surface area contributed by atoms with E-state index in [4.69, 9.17) is 23.2 Å². The molecular formula is C13H8BrCl2N3. The zero-order chi connectivity index (χ0) is 13.6. The average Bonchev–Trinajstić information content (AvgIpc) is 2.72. The Hall–Kier alpha value is -1.10. The highest BCUT2D eigenvalue weighted by molar-refractivity contribution is 9.10. The van der Waals surface area contributed by atoms with E-state index in [-0.39, 0.29) is 0 Å². The molecule has 19 heavy (non-hydrogen) atoms. The molecule has 0 unspecified atom stereocenters. The molecule has 3 aromatic rings. The van der Waals surface area contributed by atoms with Gasteiger partial charge in [0.1, 0.15) is 10.3 Å². The lowest BCUT2D eigenvalue weighted by Gasteiger charge is -2.09. The molecule has 3 rings (SSSR count). The summed E-state index contributed by atoms with van der Waals surface area (Å²) < 4.78 is 2.50. The first-order valence-electron chi connectivity index (χ1n) is 5.54. The van der Waals surface area contributed by atoms with Crippen LogP contribution in [-0.4, -0.2) is 14.6 Å². The van der Waals surface area contributed by atoms with E-state index in [1.54, 1.807) is 4.52 Å². The number of rotatable bonds is 1. The van der Waals surface area contributed by atoms with Crippen LogP contribution >= 0.6 is 39.1 Å². The van der Waals surface area contributed by atoms with Crippen LogP contribution in [0.15, 0.2) is 34.8 Å². The molecule has 2 heterocycles. The predicted octanol–water partition coefficient (Wildman–Crippen LogP) is 4.77. The lowest BCUT2D eigenvalue weighted by atomic mass is 10.1. The Balaban J connectivity index is 2.38. The van der Waals surface area contributed by atoms with E-state index >= 15 is 0 Å². The Morgan fingerprint density at radius 1 is 1.21 bits per heavy atom. The molecule has 0 fully saturated rings. The molecule has 0 aliphatic heterocycles. The highest BCUT2D eigenvalue weighted by atomic mass is 79.9. The van der Waals surface area contributed by atoms with Gasteiger partial charge in [0.15, 0.2) is 5.65 Å². The number of hydrogen-bond donors (Lipinski definition) is 0. The van der Waals surface area contributed by atoms with E-state index in [9.17, 15) is 0 Å². The Bertz CT molecular complexity index is 783. The second kappa shape index (κ2) is 4.78. The summed E-state index contributed by atoms with van der Waals surface area (Å²) in [5.41, 5.74) is 3.05. The van der Waals surface area contributed by atoms with Crippen molar-refractivity contribution in [2.24, 2.45) is 0 Å². The molecule has 0 saturated heterocycles. The Morgan fingerprint density at radius 3 is 2.68 bits per heavy atom. The van der Waals surface area contributed by atoms with Crippen LogP contribution < -0.4 is 0 Å². The maximum absolute atomic E-state index is 6.42. The maximum Gasteiger partial charge on any atom is 0.158 e. The fourth-order valence-electron chi connectivity index (χ4n) is 1.94. The molecule has 2 aromatic heterocycles. The van der Waals surface area contributed by atoms with Crippen LogP contribution in [0.4, 0.5) is 0 Å². The van der Waals surface area contributed by atoms with Crippen molar-refractivity contribution >= 4 is 44.8 Å². The average molecular weight is 357 g/mol. The van der Waals surface area contributed by atoms with E-state index in [2.05, 4.69) is 26.0 Å². The van der Waals surface area contributed by atoms with Crippen molar-refractivity contribution in [1.82, 2.24) is 14.6 Å². The number of halogens is 3. The minimum absolute atomic E-state index is 0.365. The van der Waals surface area contributed by atoms with Gasteiger partial charge in [-0.25, -0.2) is 9.50 Å². The summed E-state index contributed by atoms with van der Waals surface area (Å²) in [6, 6.07) is 9.55. The first-order valence-corrected chi connectivity index (χ1v) is 7.09. The number of hydrogen-bond acceptors (Lipinski definition) is 2. The lowest BCUT2D eigenvalue weighted by Crippen LogP contribution is -1.97. The van der Waals surface area contributed by atoms with Crippen LogP contribution in [0.3, 0.4) is 0 Å². The first-order chi connectivity index (χ1) is 9.08. The van der Waals surface area contributed by atoms with Gasteiger partial charge in [0.25, 0.3) is 0 Å². The lowest BCUT2D eigenvalue weighted by molar-refractivity contribution is 0.919. The monoisotopic (exact) mass is 355 g/mol. The van der Waals surface area contributed by atoms with Crippen molar-refractivity contribution in [1.29, 1.82) is 0 Å². The van der Waals surface area contributed by atoms with E-state index in [1.807, 2.05) is 37.3 Å². The van der Waals surface area contributed by atoms with Crippen LogP contribution in [0.2, 0.25) is 10.3 Å². The molecule has 96 valence electrons. The van der Waals surface area contributed by atoms with Gasteiger partial charge >= 0.3 is 0 Å². The summed E-state index contributed by atoms with van der Waals surface area (Å²) >= 11 is 16.2. The SMILES string of the molecule is Cc1cc2nc(Cl)c(-c3ccccc3Br)c(Cl)n2n1. The van der Waals surface area contributed by atoms with Gasteiger partial charge in [-0.1, -0.05) is 57.3 Å². The maximum atomic E-state index is 6.42. The molecule has 0 amide bonds. The van der Waals surface area contributed by atoms with Crippen molar-refractivity contribution in [3.05, 3.63) is 50.8 Å². The minimum atomic E-state index is 0.365. The van der Waals surface area contributed by atoms with Crippen molar-refractivity contribution in [2.75, 3.05) is 0 Å². The van der Waals surface area contributed by atoms with Gasteiger partial charge in [-0.2, -0.15) is 5.10 Å². The third-order valence-corrected chi connectivity index (χ3v) is 4.08. The van der Waals surface area contributed by atoms with Gasteiger partial charge in [-0.05, 0) is 13.0 Å². The molecule has 3 nitrogen and oxygen atoms in total. The molecule has 0 bridgehead atoms. The van der Waals surface area contributed by atoms with E-state index in [0.29, 0.717) is 21.5 Å². The van der Waals surface area contributed by atoms with Crippen LogP contribution in [0.1, 0.15) is 5.69 Å². The van der Waals surface area contributed by atoms with Crippen LogP contribution in [0, 0.1) is 6.92 Å². The van der Waals surface area contributed by atoms with Crippen LogP contribution in [0.5, 0.6) is 0 Å². The number of aryl methyl sites for hydroxylation is 1. The molecule has 0 atom stereocenters. The Kier molecular flexibility index (Phi) is 3.25. The number of benzene rings is 1. The van der Waals surface area contributed by atoms with E-state index in [0.717, 1.165) is 15.7 Å². The van der Waals surface area contributed by atoms with Crippen LogP contribution in [0.25, 0.3) is 16.8 Å². The molecule has 0 aliphatic carbocycles. The second-order valence-electron chi connectivity index (χ2n) is 4.10. The summed E-state index contributed by atoms with van der Waals surface area (Å²) in [6.07, 6.45) is 0. The number of nitrogens with zero attached hydrogens (tertiary/aromatic N) is 3. The third-order valence-electron chi connectivity index (χ3n) is 2.77. The van der Waals surface area contributed by atoms with Crippen molar-refractivity contribution in [3.63, 3.8) is 0 Å². The molecule has 0 N–H and O–H groups in total. The summed E-state index contributed by atoms with van der Waals surface area (Å²) in [5.74, 6) is 0. The zero-order valence-electron chi connectivity index (χ0n) is 9.86. The molecule has 0 saturated carbocycles. The van der Waals surface area contributed by atoms with Gasteiger partial charge < -0.3 is 0 Å². The van der Waals surface area contributed by atoms with Crippen LogP contribution in [-0.2, 0) is 0 Å². The largest absolute Gasteiger partial charge is 0.216 e. The standard InChI is InChI=1S/C13H8BrCl2N3/c1-7-6-10-17-12(15)11(13(16)19(10)18-7)8-4-2-3-5-9(8)14/h2-6H,1H3. The molecular weight excluding hydrogens is 349 g/mol. The fraction of sp³-hybridized carbons (Fsp3) is 0.0769. The van der Waals surface area contributed by atoms with Crippen molar-refractivity contribution in [3.8, 4) is 11.1 Å². The Labute approximate surface area is 128 Å². The molecule has 0 radical (unpaired) electrons. The Morgan fingerprint density at radius 2 is 1.95 bits per heavy atom. The zero-order valence-corrected chi connectivity index (χ0v) is 13.0.